The zero-order valence-corrected chi connectivity index (χ0v) is 11.8. The molecule has 0 aliphatic carbocycles. The number of benzene rings is 1. The van der Waals surface area contributed by atoms with E-state index < -0.39 is 21.1 Å². The van der Waals surface area contributed by atoms with E-state index in [1.165, 1.54) is 16.4 Å². The molecule has 1 aliphatic heterocycles. The Hall–Kier alpha value is -1.51. The molecule has 0 bridgehead atoms. The van der Waals surface area contributed by atoms with Crippen LogP contribution in [-0.4, -0.2) is 41.9 Å². The topological polar surface area (TPSA) is 101 Å². The molecule has 1 N–H and O–H groups in total. The third-order valence-electron chi connectivity index (χ3n) is 3.37. The highest BCUT2D eigenvalue weighted by atomic mass is 32.2. The Morgan fingerprint density at radius 1 is 1.45 bits per heavy atom. The highest BCUT2D eigenvalue weighted by Crippen LogP contribution is 2.26. The second kappa shape index (κ2) is 5.47. The number of nitro groups is 1. The minimum absolute atomic E-state index is 0.0318. The number of aliphatic hydroxyl groups is 1. The molecule has 0 radical (unpaired) electrons. The van der Waals surface area contributed by atoms with Gasteiger partial charge in [-0.25, -0.2) is 8.42 Å². The number of rotatable bonds is 3. The van der Waals surface area contributed by atoms with Gasteiger partial charge < -0.3 is 5.11 Å². The van der Waals surface area contributed by atoms with E-state index in [0.29, 0.717) is 24.9 Å². The minimum Gasteiger partial charge on any atom is -0.392 e. The van der Waals surface area contributed by atoms with E-state index in [4.69, 9.17) is 0 Å². The van der Waals surface area contributed by atoms with E-state index in [9.17, 15) is 23.6 Å². The van der Waals surface area contributed by atoms with Gasteiger partial charge in [-0.05, 0) is 25.8 Å². The summed E-state index contributed by atoms with van der Waals surface area (Å²) in [6.07, 6.45) is 0.466. The lowest BCUT2D eigenvalue weighted by Crippen LogP contribution is -2.42. The summed E-state index contributed by atoms with van der Waals surface area (Å²) in [5.74, 6) is 0. The summed E-state index contributed by atoms with van der Waals surface area (Å²) in [5.41, 5.74) is 0.191. The first-order valence-corrected chi connectivity index (χ1v) is 7.69. The molecule has 0 aromatic heterocycles. The van der Waals surface area contributed by atoms with Crippen LogP contribution in [0.1, 0.15) is 18.4 Å². The predicted octanol–water partition coefficient (Wildman–Crippen LogP) is 1.05. The van der Waals surface area contributed by atoms with Gasteiger partial charge in [0.15, 0.2) is 0 Å². The SMILES string of the molecule is Cc1ccc(S(=O)(=O)N2CCCC(O)C2)cc1[N+](=O)[O-]. The molecule has 7 nitrogen and oxygen atoms in total. The van der Waals surface area contributed by atoms with Crippen molar-refractivity contribution in [3.63, 3.8) is 0 Å². The van der Waals surface area contributed by atoms with Crippen molar-refractivity contribution >= 4 is 15.7 Å². The Morgan fingerprint density at radius 2 is 2.15 bits per heavy atom. The lowest BCUT2D eigenvalue weighted by molar-refractivity contribution is -0.385. The Labute approximate surface area is 117 Å². The maximum absolute atomic E-state index is 12.4. The molecule has 0 saturated carbocycles. The summed E-state index contributed by atoms with van der Waals surface area (Å²) in [6.45, 7) is 1.91. The predicted molar refractivity (Wildman–Crippen MR) is 71.8 cm³/mol. The average Bonchev–Trinajstić information content (AvgIpc) is 2.38. The second-order valence-corrected chi connectivity index (χ2v) is 6.80. The Morgan fingerprint density at radius 3 is 2.75 bits per heavy atom. The van der Waals surface area contributed by atoms with Gasteiger partial charge in [0.05, 0.1) is 15.9 Å². The summed E-state index contributed by atoms with van der Waals surface area (Å²) < 4.78 is 26.0. The number of β-amino-alcohol motifs (C(OH)–C–C–N with tert-alkyl or cyclic N) is 1. The van der Waals surface area contributed by atoms with Crippen LogP contribution >= 0.6 is 0 Å². The molecular weight excluding hydrogens is 284 g/mol. The third kappa shape index (κ3) is 2.82. The Kier molecular flexibility index (Phi) is 4.07. The van der Waals surface area contributed by atoms with Gasteiger partial charge in [-0.2, -0.15) is 4.31 Å². The van der Waals surface area contributed by atoms with Gasteiger partial charge in [-0.1, -0.05) is 6.07 Å². The van der Waals surface area contributed by atoms with Crippen molar-refractivity contribution in [2.24, 2.45) is 0 Å². The van der Waals surface area contributed by atoms with Gasteiger partial charge in [0, 0.05) is 24.7 Å². The van der Waals surface area contributed by atoms with E-state index in [-0.39, 0.29) is 17.1 Å². The van der Waals surface area contributed by atoms with Gasteiger partial charge >= 0.3 is 0 Å². The van der Waals surface area contributed by atoms with E-state index in [1.54, 1.807) is 6.92 Å². The number of nitro benzene ring substituents is 1. The monoisotopic (exact) mass is 300 g/mol. The van der Waals surface area contributed by atoms with Gasteiger partial charge in [0.2, 0.25) is 10.0 Å². The zero-order valence-electron chi connectivity index (χ0n) is 11.0. The lowest BCUT2D eigenvalue weighted by atomic mass is 10.1. The molecule has 0 amide bonds. The van der Waals surface area contributed by atoms with Crippen LogP contribution in [-0.2, 0) is 10.0 Å². The van der Waals surface area contributed by atoms with Crippen LogP contribution < -0.4 is 0 Å². The highest BCUT2D eigenvalue weighted by molar-refractivity contribution is 7.89. The summed E-state index contributed by atoms with van der Waals surface area (Å²) >= 11 is 0. The van der Waals surface area contributed by atoms with Crippen molar-refractivity contribution in [1.82, 2.24) is 4.31 Å². The Balaban J connectivity index is 2.39. The first-order valence-electron chi connectivity index (χ1n) is 6.25. The maximum Gasteiger partial charge on any atom is 0.273 e. The highest BCUT2D eigenvalue weighted by Gasteiger charge is 2.30. The van der Waals surface area contributed by atoms with E-state index >= 15 is 0 Å². The van der Waals surface area contributed by atoms with Crippen LogP contribution in [0.25, 0.3) is 0 Å². The molecule has 8 heteroatoms. The number of sulfonamides is 1. The second-order valence-electron chi connectivity index (χ2n) is 4.86. The molecule has 1 atom stereocenters. The zero-order chi connectivity index (χ0) is 14.9. The van der Waals surface area contributed by atoms with Crippen LogP contribution in [0, 0.1) is 17.0 Å². The fourth-order valence-electron chi connectivity index (χ4n) is 2.23. The summed E-state index contributed by atoms with van der Waals surface area (Å²) in [6, 6.07) is 3.86. The normalized spacial score (nSPS) is 20.8. The van der Waals surface area contributed by atoms with Crippen molar-refractivity contribution in [3.8, 4) is 0 Å². The van der Waals surface area contributed by atoms with Crippen LogP contribution in [0.2, 0.25) is 0 Å². The van der Waals surface area contributed by atoms with Gasteiger partial charge in [-0.3, -0.25) is 10.1 Å². The summed E-state index contributed by atoms with van der Waals surface area (Å²) in [4.78, 5) is 10.2. The third-order valence-corrected chi connectivity index (χ3v) is 5.24. The average molecular weight is 300 g/mol. The first kappa shape index (κ1) is 14.9. The van der Waals surface area contributed by atoms with Crippen molar-refractivity contribution < 1.29 is 18.4 Å². The van der Waals surface area contributed by atoms with E-state index in [2.05, 4.69) is 0 Å². The fourth-order valence-corrected chi connectivity index (χ4v) is 3.77. The molecule has 1 fully saturated rings. The number of hydrogen-bond acceptors (Lipinski definition) is 5. The molecule has 1 aliphatic rings. The van der Waals surface area contributed by atoms with Gasteiger partial charge in [0.1, 0.15) is 0 Å². The summed E-state index contributed by atoms with van der Waals surface area (Å²) in [5, 5.41) is 20.4. The molecule has 1 unspecified atom stereocenters. The number of hydrogen-bond donors (Lipinski definition) is 1. The van der Waals surface area contributed by atoms with Crippen molar-refractivity contribution in [2.75, 3.05) is 13.1 Å². The largest absolute Gasteiger partial charge is 0.392 e. The van der Waals surface area contributed by atoms with E-state index in [1.807, 2.05) is 0 Å². The van der Waals surface area contributed by atoms with E-state index in [0.717, 1.165) is 6.07 Å². The minimum atomic E-state index is -3.80. The molecule has 1 saturated heterocycles. The van der Waals surface area contributed by atoms with Crippen molar-refractivity contribution in [2.45, 2.75) is 30.8 Å². The van der Waals surface area contributed by atoms with Gasteiger partial charge in [-0.15, -0.1) is 0 Å². The quantitative estimate of drug-likeness (QED) is 0.664. The maximum atomic E-state index is 12.4. The van der Waals surface area contributed by atoms with Crippen LogP contribution in [0.15, 0.2) is 23.1 Å². The summed E-state index contributed by atoms with van der Waals surface area (Å²) in [7, 11) is -3.80. The van der Waals surface area contributed by atoms with Crippen LogP contribution in [0.3, 0.4) is 0 Å². The Bertz CT molecular complexity index is 629. The van der Waals surface area contributed by atoms with Crippen LogP contribution in [0.5, 0.6) is 0 Å². The molecular formula is C12H16N2O5S. The molecule has 0 spiro atoms. The van der Waals surface area contributed by atoms with Crippen LogP contribution in [0.4, 0.5) is 5.69 Å². The first-order chi connectivity index (χ1) is 9.32. The van der Waals surface area contributed by atoms with Gasteiger partial charge in [0.25, 0.3) is 5.69 Å². The molecule has 1 aromatic rings. The number of nitrogens with zero attached hydrogens (tertiary/aromatic N) is 2. The molecule has 2 rings (SSSR count). The van der Waals surface area contributed by atoms with Crippen molar-refractivity contribution in [3.05, 3.63) is 33.9 Å². The molecule has 110 valence electrons. The fraction of sp³-hybridized carbons (Fsp3) is 0.500. The van der Waals surface area contributed by atoms with Crippen molar-refractivity contribution in [1.29, 1.82) is 0 Å². The lowest BCUT2D eigenvalue weighted by Gasteiger charge is -2.29. The number of piperidine rings is 1. The number of aryl methyl sites for hydroxylation is 1. The number of aliphatic hydroxyl groups excluding tert-OH is 1. The molecule has 1 heterocycles. The smallest absolute Gasteiger partial charge is 0.273 e. The standard InChI is InChI=1S/C12H16N2O5S/c1-9-4-5-11(7-12(9)14(16)17)20(18,19)13-6-2-3-10(15)8-13/h4-5,7,10,15H,2-3,6,8H2,1H3. The molecule has 20 heavy (non-hydrogen) atoms. The molecule has 1 aromatic carbocycles.